The fraction of sp³-hybridized carbons (Fsp3) is 0.333. The van der Waals surface area contributed by atoms with E-state index in [4.69, 9.17) is 0 Å². The van der Waals surface area contributed by atoms with Gasteiger partial charge in [0.2, 0.25) is 0 Å². The zero-order valence-corrected chi connectivity index (χ0v) is 13.3. The molecule has 0 spiro atoms. The molecular weight excluding hydrogens is 278 g/mol. The van der Waals surface area contributed by atoms with Crippen molar-refractivity contribution in [1.82, 2.24) is 5.32 Å². The first-order valence-electron chi connectivity index (χ1n) is 7.42. The Morgan fingerprint density at radius 1 is 1.05 bits per heavy atom. The summed E-state index contributed by atoms with van der Waals surface area (Å²) in [4.78, 5) is 0. The van der Waals surface area contributed by atoms with Crippen LogP contribution < -0.4 is 5.32 Å². The summed E-state index contributed by atoms with van der Waals surface area (Å²) in [5.41, 5.74) is 5.36. The highest BCUT2D eigenvalue weighted by Crippen LogP contribution is 2.42. The third-order valence-corrected chi connectivity index (χ3v) is 5.67. The van der Waals surface area contributed by atoms with Gasteiger partial charge in [0.05, 0.1) is 6.04 Å². The lowest BCUT2D eigenvalue weighted by Gasteiger charge is -2.17. The van der Waals surface area contributed by atoms with Crippen LogP contribution in [0.25, 0.3) is 11.1 Å². The largest absolute Gasteiger partial charge is 0.306 e. The lowest BCUT2D eigenvalue weighted by atomic mass is 10.1. The second-order valence-electron chi connectivity index (χ2n) is 5.66. The molecule has 2 aromatic rings. The molecule has 0 radical (unpaired) electrons. The smallest absolute Gasteiger partial charge is 0.0588 e. The molecule has 0 bridgehead atoms. The summed E-state index contributed by atoms with van der Waals surface area (Å²) in [6, 6.07) is 17.4. The van der Waals surface area contributed by atoms with Crippen molar-refractivity contribution in [3.8, 4) is 11.1 Å². The molecule has 1 aliphatic carbocycles. The summed E-state index contributed by atoms with van der Waals surface area (Å²) in [7, 11) is -0.744. The highest BCUT2D eigenvalue weighted by atomic mass is 32.2. The Morgan fingerprint density at radius 3 is 2.10 bits per heavy atom. The van der Waals surface area contributed by atoms with Gasteiger partial charge in [-0.15, -0.1) is 0 Å². The Kier molecular flexibility index (Phi) is 4.22. The Hall–Kier alpha value is -1.45. The second-order valence-corrected chi connectivity index (χ2v) is 7.46. The summed E-state index contributed by atoms with van der Waals surface area (Å²) in [5, 5.41) is 3.89. The van der Waals surface area contributed by atoms with Gasteiger partial charge in [-0.2, -0.15) is 0 Å². The van der Waals surface area contributed by atoms with Crippen LogP contribution in [-0.4, -0.2) is 22.3 Å². The maximum atomic E-state index is 11.5. The molecule has 0 amide bonds. The average molecular weight is 299 g/mol. The minimum atomic E-state index is -0.744. The summed E-state index contributed by atoms with van der Waals surface area (Å²) < 4.78 is 11.5. The minimum absolute atomic E-state index is 0.240. The molecule has 3 heteroatoms. The van der Waals surface area contributed by atoms with E-state index in [-0.39, 0.29) is 11.3 Å². The van der Waals surface area contributed by atoms with Gasteiger partial charge in [-0.05, 0) is 35.2 Å². The fourth-order valence-electron chi connectivity index (χ4n) is 2.97. The molecule has 1 N–H and O–H groups in total. The van der Waals surface area contributed by atoms with Crippen LogP contribution in [0.1, 0.15) is 30.5 Å². The quantitative estimate of drug-likeness (QED) is 0.915. The van der Waals surface area contributed by atoms with Crippen LogP contribution in [0.2, 0.25) is 0 Å². The van der Waals surface area contributed by atoms with Gasteiger partial charge in [0, 0.05) is 22.3 Å². The first-order valence-corrected chi connectivity index (χ1v) is 9.04. The maximum Gasteiger partial charge on any atom is 0.0588 e. The van der Waals surface area contributed by atoms with E-state index < -0.39 is 10.8 Å². The highest BCUT2D eigenvalue weighted by molar-refractivity contribution is 7.84. The summed E-state index contributed by atoms with van der Waals surface area (Å²) in [6.45, 7) is 2.93. The van der Waals surface area contributed by atoms with Crippen LogP contribution in [-0.2, 0) is 10.8 Å². The summed E-state index contributed by atoms with van der Waals surface area (Å²) >= 11 is 0. The molecule has 21 heavy (non-hydrogen) atoms. The maximum absolute atomic E-state index is 11.5. The predicted molar refractivity (Wildman–Crippen MR) is 89.9 cm³/mol. The fourth-order valence-corrected chi connectivity index (χ4v) is 3.42. The predicted octanol–water partition coefficient (Wildman–Crippen LogP) is 3.50. The van der Waals surface area contributed by atoms with Crippen LogP contribution in [0.4, 0.5) is 0 Å². The van der Waals surface area contributed by atoms with Crippen LogP contribution in [0.3, 0.4) is 0 Å². The van der Waals surface area contributed by atoms with E-state index in [1.54, 1.807) is 6.26 Å². The molecule has 2 nitrogen and oxygen atoms in total. The van der Waals surface area contributed by atoms with Gasteiger partial charge >= 0.3 is 0 Å². The van der Waals surface area contributed by atoms with Crippen molar-refractivity contribution in [2.75, 3.05) is 12.8 Å². The van der Waals surface area contributed by atoms with Crippen molar-refractivity contribution < 1.29 is 4.21 Å². The number of rotatable bonds is 5. The molecule has 0 heterocycles. The molecular formula is C18H21NOS. The third-order valence-electron chi connectivity index (χ3n) is 4.30. The third kappa shape index (κ3) is 2.81. The zero-order valence-electron chi connectivity index (χ0n) is 12.5. The van der Waals surface area contributed by atoms with E-state index >= 15 is 0 Å². The van der Waals surface area contributed by atoms with E-state index in [9.17, 15) is 4.21 Å². The molecule has 2 unspecified atom stereocenters. The lowest BCUT2D eigenvalue weighted by molar-refractivity contribution is 0.584. The summed E-state index contributed by atoms with van der Waals surface area (Å²) in [5.74, 6) is 0. The van der Waals surface area contributed by atoms with Gasteiger partial charge in [0.15, 0.2) is 0 Å². The van der Waals surface area contributed by atoms with E-state index in [0.717, 1.165) is 13.0 Å². The van der Waals surface area contributed by atoms with Gasteiger partial charge < -0.3 is 5.32 Å². The molecule has 110 valence electrons. The molecule has 0 aromatic heterocycles. The van der Waals surface area contributed by atoms with E-state index in [1.165, 1.54) is 22.3 Å². The van der Waals surface area contributed by atoms with Gasteiger partial charge in [-0.25, -0.2) is 0 Å². The molecule has 0 saturated carbocycles. The molecule has 3 rings (SSSR count). The molecule has 2 atom stereocenters. The Labute approximate surface area is 129 Å². The number of hydrogen-bond donors (Lipinski definition) is 1. The monoisotopic (exact) mass is 299 g/mol. The minimum Gasteiger partial charge on any atom is -0.306 e. The zero-order chi connectivity index (χ0) is 14.8. The van der Waals surface area contributed by atoms with Gasteiger partial charge in [0.25, 0.3) is 0 Å². The SMILES string of the molecule is CC(CCNC1c2ccccc2-c2ccccc21)S(C)=O. The van der Waals surface area contributed by atoms with Crippen molar-refractivity contribution in [3.63, 3.8) is 0 Å². The van der Waals surface area contributed by atoms with Crippen molar-refractivity contribution >= 4 is 10.8 Å². The number of benzene rings is 2. The standard InChI is InChI=1S/C18H21NOS/c1-13(21(2)20)11-12-19-18-16-9-5-3-7-14(16)15-8-4-6-10-17(15)18/h3-10,13,18-19H,11-12H2,1-2H3. The lowest BCUT2D eigenvalue weighted by Crippen LogP contribution is -2.25. The van der Waals surface area contributed by atoms with Crippen LogP contribution in [0.5, 0.6) is 0 Å². The van der Waals surface area contributed by atoms with Crippen molar-refractivity contribution in [3.05, 3.63) is 59.7 Å². The molecule has 0 fully saturated rings. The van der Waals surface area contributed by atoms with Crippen molar-refractivity contribution in [1.29, 1.82) is 0 Å². The Morgan fingerprint density at radius 2 is 1.57 bits per heavy atom. The molecule has 0 aliphatic heterocycles. The Bertz CT molecular complexity index is 622. The highest BCUT2D eigenvalue weighted by Gasteiger charge is 2.27. The molecule has 2 aromatic carbocycles. The van der Waals surface area contributed by atoms with E-state index in [0.29, 0.717) is 0 Å². The van der Waals surface area contributed by atoms with Gasteiger partial charge in [0.1, 0.15) is 0 Å². The van der Waals surface area contributed by atoms with Crippen LogP contribution >= 0.6 is 0 Å². The first kappa shape index (κ1) is 14.5. The number of nitrogens with one attached hydrogen (secondary N) is 1. The molecule has 0 saturated heterocycles. The first-order chi connectivity index (χ1) is 10.2. The summed E-state index contributed by atoms with van der Waals surface area (Å²) in [6.07, 6.45) is 2.72. The average Bonchev–Trinajstić information content (AvgIpc) is 2.82. The number of fused-ring (bicyclic) bond motifs is 3. The van der Waals surface area contributed by atoms with Gasteiger partial charge in [-0.3, -0.25) is 4.21 Å². The Balaban J connectivity index is 1.81. The normalized spacial score (nSPS) is 16.3. The van der Waals surface area contributed by atoms with Crippen molar-refractivity contribution in [2.24, 2.45) is 0 Å². The van der Waals surface area contributed by atoms with Crippen molar-refractivity contribution in [2.45, 2.75) is 24.6 Å². The topological polar surface area (TPSA) is 29.1 Å². The van der Waals surface area contributed by atoms with Crippen LogP contribution in [0.15, 0.2) is 48.5 Å². The molecule has 1 aliphatic rings. The van der Waals surface area contributed by atoms with Gasteiger partial charge in [-0.1, -0.05) is 55.5 Å². The van der Waals surface area contributed by atoms with Crippen LogP contribution in [0, 0.1) is 0 Å². The van der Waals surface area contributed by atoms with E-state index in [1.807, 2.05) is 6.92 Å². The number of hydrogen-bond acceptors (Lipinski definition) is 2. The second kappa shape index (κ2) is 6.12. The van der Waals surface area contributed by atoms with E-state index in [2.05, 4.69) is 53.8 Å².